The third-order valence-electron chi connectivity index (χ3n) is 4.09. The summed E-state index contributed by atoms with van der Waals surface area (Å²) in [4.78, 5) is 16.4. The van der Waals surface area contributed by atoms with Crippen LogP contribution in [-0.4, -0.2) is 22.1 Å². The van der Waals surface area contributed by atoms with Crippen LogP contribution in [0.25, 0.3) is 5.69 Å². The second-order valence-electron chi connectivity index (χ2n) is 6.21. The molecular weight excluding hydrogens is 381 g/mol. The van der Waals surface area contributed by atoms with Crippen LogP contribution in [0.15, 0.2) is 54.7 Å². The van der Waals surface area contributed by atoms with Crippen LogP contribution in [0.5, 0.6) is 0 Å². The first kappa shape index (κ1) is 20.0. The maximum Gasteiger partial charge on any atom is 0.311 e. The monoisotopic (exact) mass is 401 g/mol. The molecule has 3 aromatic rings. The van der Waals surface area contributed by atoms with Gasteiger partial charge in [0, 0.05) is 23.5 Å². The Morgan fingerprint density at radius 2 is 1.86 bits per heavy atom. The summed E-state index contributed by atoms with van der Waals surface area (Å²) in [6.07, 6.45) is 1.94. The standard InChI is InChI=1S/C21H21ClFN3O2/c1-2-28-21(27)11-18-14-26(19-9-5-16(22)6-10-19)20(25-18)13-24-12-15-3-7-17(23)8-4-15/h3-10,14,24H,2,11-13H2,1H3. The van der Waals surface area contributed by atoms with Crippen molar-refractivity contribution in [3.63, 3.8) is 0 Å². The van der Waals surface area contributed by atoms with E-state index in [1.807, 2.05) is 22.9 Å². The van der Waals surface area contributed by atoms with Crippen molar-refractivity contribution in [3.05, 3.63) is 82.6 Å². The highest BCUT2D eigenvalue weighted by molar-refractivity contribution is 6.30. The van der Waals surface area contributed by atoms with Gasteiger partial charge < -0.3 is 14.6 Å². The predicted molar refractivity (Wildman–Crippen MR) is 106 cm³/mol. The number of aromatic nitrogens is 2. The lowest BCUT2D eigenvalue weighted by molar-refractivity contribution is -0.142. The highest BCUT2D eigenvalue weighted by atomic mass is 35.5. The first-order valence-electron chi connectivity index (χ1n) is 8.99. The number of nitrogens with zero attached hydrogens (tertiary/aromatic N) is 2. The summed E-state index contributed by atoms with van der Waals surface area (Å²) < 4.78 is 20.0. The molecule has 0 radical (unpaired) electrons. The van der Waals surface area contributed by atoms with Gasteiger partial charge in [0.1, 0.15) is 11.6 Å². The Balaban J connectivity index is 1.76. The fourth-order valence-electron chi connectivity index (χ4n) is 2.79. The number of ether oxygens (including phenoxy) is 1. The largest absolute Gasteiger partial charge is 0.466 e. The zero-order valence-corrected chi connectivity index (χ0v) is 16.2. The lowest BCUT2D eigenvalue weighted by Gasteiger charge is -2.09. The van der Waals surface area contributed by atoms with Gasteiger partial charge in [-0.2, -0.15) is 0 Å². The molecule has 0 fully saturated rings. The molecule has 0 atom stereocenters. The minimum Gasteiger partial charge on any atom is -0.466 e. The fourth-order valence-corrected chi connectivity index (χ4v) is 2.91. The number of carbonyl (C=O) groups excluding carboxylic acids is 1. The van der Waals surface area contributed by atoms with E-state index in [1.54, 1.807) is 31.2 Å². The van der Waals surface area contributed by atoms with Crippen LogP contribution >= 0.6 is 11.6 Å². The molecule has 1 aromatic heterocycles. The molecule has 7 heteroatoms. The van der Waals surface area contributed by atoms with Gasteiger partial charge in [-0.1, -0.05) is 23.7 Å². The van der Waals surface area contributed by atoms with Crippen LogP contribution in [0.1, 0.15) is 24.0 Å². The van der Waals surface area contributed by atoms with Crippen molar-refractivity contribution in [3.8, 4) is 5.69 Å². The van der Waals surface area contributed by atoms with Gasteiger partial charge in [0.15, 0.2) is 0 Å². The molecule has 0 spiro atoms. The van der Waals surface area contributed by atoms with Gasteiger partial charge in [-0.3, -0.25) is 4.79 Å². The Morgan fingerprint density at radius 3 is 2.54 bits per heavy atom. The highest BCUT2D eigenvalue weighted by Gasteiger charge is 2.13. The van der Waals surface area contributed by atoms with Crippen molar-refractivity contribution in [2.45, 2.75) is 26.4 Å². The predicted octanol–water partition coefficient (Wildman–Crippen LogP) is 4.06. The van der Waals surface area contributed by atoms with Crippen LogP contribution in [0.3, 0.4) is 0 Å². The van der Waals surface area contributed by atoms with E-state index in [0.717, 1.165) is 17.1 Å². The van der Waals surface area contributed by atoms with E-state index in [1.165, 1.54) is 12.1 Å². The van der Waals surface area contributed by atoms with Gasteiger partial charge in [0.25, 0.3) is 0 Å². The van der Waals surface area contributed by atoms with E-state index < -0.39 is 0 Å². The molecule has 5 nitrogen and oxygen atoms in total. The Kier molecular flexibility index (Phi) is 6.79. The van der Waals surface area contributed by atoms with Crippen LogP contribution in [0, 0.1) is 5.82 Å². The average Bonchev–Trinajstić information content (AvgIpc) is 3.06. The van der Waals surface area contributed by atoms with E-state index in [-0.39, 0.29) is 18.2 Å². The average molecular weight is 402 g/mol. The van der Waals surface area contributed by atoms with E-state index in [0.29, 0.717) is 30.4 Å². The van der Waals surface area contributed by atoms with Crippen molar-refractivity contribution in [2.75, 3.05) is 6.61 Å². The van der Waals surface area contributed by atoms with Gasteiger partial charge in [-0.25, -0.2) is 9.37 Å². The Hall–Kier alpha value is -2.70. The third-order valence-corrected chi connectivity index (χ3v) is 4.34. The molecule has 1 N–H and O–H groups in total. The SMILES string of the molecule is CCOC(=O)Cc1cn(-c2ccc(Cl)cc2)c(CNCc2ccc(F)cc2)n1. The number of esters is 1. The van der Waals surface area contributed by atoms with E-state index >= 15 is 0 Å². The first-order chi connectivity index (χ1) is 13.5. The third kappa shape index (κ3) is 5.41. The number of hydrogen-bond acceptors (Lipinski definition) is 4. The number of rotatable bonds is 8. The second kappa shape index (κ2) is 9.48. The molecule has 28 heavy (non-hydrogen) atoms. The molecule has 3 rings (SSSR count). The summed E-state index contributed by atoms with van der Waals surface area (Å²) in [5.41, 5.74) is 2.50. The van der Waals surface area contributed by atoms with Gasteiger partial charge in [0.05, 0.1) is 25.3 Å². The van der Waals surface area contributed by atoms with Crippen LogP contribution < -0.4 is 5.32 Å². The van der Waals surface area contributed by atoms with E-state index in [4.69, 9.17) is 16.3 Å². The molecule has 0 saturated carbocycles. The van der Waals surface area contributed by atoms with E-state index in [2.05, 4.69) is 10.3 Å². The van der Waals surface area contributed by atoms with Crippen LogP contribution in [0.4, 0.5) is 4.39 Å². The maximum absolute atomic E-state index is 13.0. The fraction of sp³-hybridized carbons (Fsp3) is 0.238. The smallest absolute Gasteiger partial charge is 0.311 e. The Labute approximate surface area is 168 Å². The second-order valence-corrected chi connectivity index (χ2v) is 6.64. The molecule has 0 aliphatic carbocycles. The van der Waals surface area contributed by atoms with Crippen molar-refractivity contribution in [2.24, 2.45) is 0 Å². The van der Waals surface area contributed by atoms with E-state index in [9.17, 15) is 9.18 Å². The summed E-state index contributed by atoms with van der Waals surface area (Å²) in [5.74, 6) is 0.184. The Bertz CT molecular complexity index is 924. The zero-order valence-electron chi connectivity index (χ0n) is 15.5. The number of hydrogen-bond donors (Lipinski definition) is 1. The summed E-state index contributed by atoms with van der Waals surface area (Å²) in [7, 11) is 0. The quantitative estimate of drug-likeness (QED) is 0.578. The van der Waals surface area contributed by atoms with Crippen molar-refractivity contribution in [1.82, 2.24) is 14.9 Å². The number of nitrogens with one attached hydrogen (secondary N) is 1. The topological polar surface area (TPSA) is 56.1 Å². The van der Waals surface area contributed by atoms with Crippen LogP contribution in [0.2, 0.25) is 5.02 Å². The molecule has 2 aromatic carbocycles. The normalized spacial score (nSPS) is 10.8. The van der Waals surface area contributed by atoms with Gasteiger partial charge in [0.2, 0.25) is 0 Å². The summed E-state index contributed by atoms with van der Waals surface area (Å²) in [6.45, 7) is 3.15. The lowest BCUT2D eigenvalue weighted by atomic mass is 10.2. The first-order valence-corrected chi connectivity index (χ1v) is 9.37. The molecular formula is C21H21ClFN3O2. The molecule has 0 aliphatic rings. The molecule has 146 valence electrons. The molecule has 0 bridgehead atoms. The summed E-state index contributed by atoms with van der Waals surface area (Å²) in [5, 5.41) is 3.95. The molecule has 0 unspecified atom stereocenters. The number of carbonyl (C=O) groups is 1. The van der Waals surface area contributed by atoms with Crippen molar-refractivity contribution >= 4 is 17.6 Å². The highest BCUT2D eigenvalue weighted by Crippen LogP contribution is 2.17. The van der Waals surface area contributed by atoms with Gasteiger partial charge >= 0.3 is 5.97 Å². The zero-order chi connectivity index (χ0) is 19.9. The number of benzene rings is 2. The summed E-state index contributed by atoms with van der Waals surface area (Å²) >= 11 is 5.99. The maximum atomic E-state index is 13.0. The lowest BCUT2D eigenvalue weighted by Crippen LogP contribution is -2.16. The van der Waals surface area contributed by atoms with Gasteiger partial charge in [-0.05, 0) is 48.9 Å². The summed E-state index contributed by atoms with van der Waals surface area (Å²) in [6, 6.07) is 13.7. The Morgan fingerprint density at radius 1 is 1.14 bits per heavy atom. The minimum absolute atomic E-state index is 0.111. The van der Waals surface area contributed by atoms with Gasteiger partial charge in [-0.15, -0.1) is 0 Å². The molecule has 1 heterocycles. The van der Waals surface area contributed by atoms with Crippen molar-refractivity contribution < 1.29 is 13.9 Å². The number of imidazole rings is 1. The molecule has 0 amide bonds. The van der Waals surface area contributed by atoms with Crippen LogP contribution in [-0.2, 0) is 29.0 Å². The molecule has 0 saturated heterocycles. The molecule has 0 aliphatic heterocycles. The minimum atomic E-state index is -0.311. The van der Waals surface area contributed by atoms with Crippen molar-refractivity contribution in [1.29, 1.82) is 0 Å². The number of halogens is 2.